The van der Waals surface area contributed by atoms with Gasteiger partial charge in [0.25, 0.3) is 0 Å². The number of aromatic nitrogens is 1. The van der Waals surface area contributed by atoms with Gasteiger partial charge in [-0.3, -0.25) is 23.7 Å². The molecule has 3 amide bonds. The van der Waals surface area contributed by atoms with E-state index in [-0.39, 0.29) is 5.69 Å². The molecule has 2 aliphatic heterocycles. The molecule has 0 radical (unpaired) electrons. The summed E-state index contributed by atoms with van der Waals surface area (Å²) < 4.78 is 46.7. The number of ether oxygens (including phenoxy) is 1. The molecule has 1 aromatic heterocycles. The van der Waals surface area contributed by atoms with Crippen molar-refractivity contribution in [3.63, 3.8) is 0 Å². The number of thioether (sulfide) groups is 1. The van der Waals surface area contributed by atoms with E-state index in [4.69, 9.17) is 4.74 Å². The van der Waals surface area contributed by atoms with E-state index in [1.165, 1.54) is 23.8 Å². The molecule has 0 saturated carbocycles. The van der Waals surface area contributed by atoms with E-state index < -0.39 is 58.0 Å². The highest BCUT2D eigenvalue weighted by Gasteiger charge is 2.56. The number of carbonyl (C=O) groups excluding carboxylic acids is 3. The largest absolute Gasteiger partial charge is 0.497 e. The molecule has 44 heavy (non-hydrogen) atoms. The fourth-order valence-corrected chi connectivity index (χ4v) is 8.43. The Labute approximate surface area is 265 Å². The number of nitrogens with zero attached hydrogens (tertiary/aromatic N) is 2. The molecule has 8 nitrogen and oxygen atoms in total. The quantitative estimate of drug-likeness (QED) is 0.243. The van der Waals surface area contributed by atoms with Gasteiger partial charge in [0.15, 0.2) is 0 Å². The monoisotopic (exact) mass is 703 g/mol. The fraction of sp³-hybridized carbons (Fsp3) is 0.200. The Hall–Kier alpha value is -3.88. The summed E-state index contributed by atoms with van der Waals surface area (Å²) in [6.45, 7) is -0.497. The lowest BCUT2D eigenvalue weighted by atomic mass is 9.83. The maximum atomic E-state index is 14.0. The Morgan fingerprint density at radius 1 is 1.00 bits per heavy atom. The van der Waals surface area contributed by atoms with Crippen LogP contribution in [0.5, 0.6) is 5.75 Å². The van der Waals surface area contributed by atoms with E-state index in [1.54, 1.807) is 36.4 Å². The Balaban J connectivity index is 1.37. The minimum absolute atomic E-state index is 0.0749. The van der Waals surface area contributed by atoms with Gasteiger partial charge < -0.3 is 10.1 Å². The SMILES string of the molecule is COc1ccc(N2C(=O)C3Sc4c(sc(=O)n4CC(=O)Nc4cccc(C(F)(F)F)c4)[C@H](c4ccc(Br)cc4)C3C2=O)cc1. The highest BCUT2D eigenvalue weighted by molar-refractivity contribution is 9.10. The molecule has 1 saturated heterocycles. The van der Waals surface area contributed by atoms with Gasteiger partial charge in [0, 0.05) is 21.0 Å². The molecular formula is C30H21BrF3N3O5S2. The van der Waals surface area contributed by atoms with Gasteiger partial charge in [0.05, 0.1) is 29.3 Å². The zero-order valence-corrected chi connectivity index (χ0v) is 25.9. The lowest BCUT2D eigenvalue weighted by molar-refractivity contribution is -0.137. The van der Waals surface area contributed by atoms with Crippen LogP contribution in [0.25, 0.3) is 0 Å². The highest BCUT2D eigenvalue weighted by Crippen LogP contribution is 2.54. The van der Waals surface area contributed by atoms with Crippen LogP contribution < -0.4 is 19.8 Å². The number of carbonyl (C=O) groups is 3. The van der Waals surface area contributed by atoms with Crippen LogP contribution in [0.4, 0.5) is 24.5 Å². The predicted octanol–water partition coefficient (Wildman–Crippen LogP) is 6.13. The molecule has 2 unspecified atom stereocenters. The third-order valence-electron chi connectivity index (χ3n) is 7.38. The summed E-state index contributed by atoms with van der Waals surface area (Å²) in [6, 6.07) is 18.0. The van der Waals surface area contributed by atoms with Crippen molar-refractivity contribution in [1.82, 2.24) is 4.57 Å². The van der Waals surface area contributed by atoms with Crippen molar-refractivity contribution in [2.24, 2.45) is 5.92 Å². The number of hydrogen-bond donors (Lipinski definition) is 1. The number of fused-ring (bicyclic) bond motifs is 2. The van der Waals surface area contributed by atoms with E-state index in [2.05, 4.69) is 21.2 Å². The Kier molecular flexibility index (Phi) is 7.92. The molecule has 0 bridgehead atoms. The number of amides is 3. The third-order valence-corrected chi connectivity index (χ3v) is 10.5. The first-order valence-electron chi connectivity index (χ1n) is 13.1. The standard InChI is InChI=1S/C30H21BrF3N3O5S2/c1-42-20-11-9-19(10-12-20)37-26(39)23-22(15-5-7-17(31)8-6-15)25-28(43-24(23)27(37)40)36(29(41)44-25)14-21(38)35-18-4-2-3-16(13-18)30(32,33)34/h2-13,22-24H,14H2,1H3,(H,35,38)/t22-,23?,24?/m1/s1. The number of methoxy groups -OCH3 is 1. The van der Waals surface area contributed by atoms with E-state index in [1.807, 2.05) is 12.1 Å². The average Bonchev–Trinajstić information content (AvgIpc) is 3.43. The van der Waals surface area contributed by atoms with E-state index >= 15 is 0 Å². The van der Waals surface area contributed by atoms with Crippen LogP contribution in [0, 0.1) is 5.92 Å². The molecule has 4 aromatic rings. The molecule has 2 aliphatic rings. The van der Waals surface area contributed by atoms with Crippen LogP contribution in [-0.2, 0) is 27.1 Å². The predicted molar refractivity (Wildman–Crippen MR) is 163 cm³/mol. The number of anilines is 2. The van der Waals surface area contributed by atoms with E-state index in [9.17, 15) is 32.3 Å². The molecule has 3 heterocycles. The van der Waals surface area contributed by atoms with Gasteiger partial charge in [-0.05, 0) is 60.2 Å². The summed E-state index contributed by atoms with van der Waals surface area (Å²) in [7, 11) is 1.51. The minimum Gasteiger partial charge on any atom is -0.497 e. The second-order valence-electron chi connectivity index (χ2n) is 10.1. The molecule has 6 rings (SSSR count). The van der Waals surface area contributed by atoms with Crippen LogP contribution in [0.1, 0.15) is 21.9 Å². The van der Waals surface area contributed by atoms with Gasteiger partial charge in [-0.25, -0.2) is 4.90 Å². The number of imide groups is 1. The first-order chi connectivity index (χ1) is 21.0. The van der Waals surface area contributed by atoms with Gasteiger partial charge in [0.1, 0.15) is 17.5 Å². The molecule has 3 atom stereocenters. The summed E-state index contributed by atoms with van der Waals surface area (Å²) in [5.74, 6) is -2.51. The molecule has 3 aromatic carbocycles. The third kappa shape index (κ3) is 5.46. The number of rotatable bonds is 6. The van der Waals surface area contributed by atoms with Gasteiger partial charge in [-0.2, -0.15) is 13.2 Å². The summed E-state index contributed by atoms with van der Waals surface area (Å²) in [5.41, 5.74) is 0.0927. The number of halogens is 4. The summed E-state index contributed by atoms with van der Waals surface area (Å²) in [6.07, 6.45) is -4.59. The van der Waals surface area contributed by atoms with Crippen molar-refractivity contribution in [3.8, 4) is 5.75 Å². The lowest BCUT2D eigenvalue weighted by Crippen LogP contribution is -2.33. The zero-order chi connectivity index (χ0) is 31.3. The molecule has 226 valence electrons. The summed E-state index contributed by atoms with van der Waals surface area (Å²) in [5, 5.41) is 1.90. The number of benzene rings is 3. The normalized spacial score (nSPS) is 19.5. The van der Waals surface area contributed by atoms with Crippen LogP contribution in [0.15, 0.2) is 87.1 Å². The number of hydrogen-bond acceptors (Lipinski definition) is 7. The van der Waals surface area contributed by atoms with Crippen LogP contribution in [0.3, 0.4) is 0 Å². The maximum Gasteiger partial charge on any atom is 0.416 e. The summed E-state index contributed by atoms with van der Waals surface area (Å²) >= 11 is 5.34. The first kappa shape index (κ1) is 30.2. The van der Waals surface area contributed by atoms with Crippen molar-refractivity contribution in [2.75, 3.05) is 17.3 Å². The van der Waals surface area contributed by atoms with Crippen molar-refractivity contribution in [2.45, 2.75) is 28.9 Å². The minimum atomic E-state index is -4.59. The van der Waals surface area contributed by atoms with Gasteiger partial charge in [-0.1, -0.05) is 57.2 Å². The zero-order valence-electron chi connectivity index (χ0n) is 22.6. The van der Waals surface area contributed by atoms with Gasteiger partial charge in [0.2, 0.25) is 17.7 Å². The fourth-order valence-electron chi connectivity index (χ4n) is 5.39. The van der Waals surface area contributed by atoms with Crippen molar-refractivity contribution < 1.29 is 32.3 Å². The lowest BCUT2D eigenvalue weighted by Gasteiger charge is -2.30. The molecule has 0 spiro atoms. The molecule has 1 fully saturated rings. The topological polar surface area (TPSA) is 97.7 Å². The number of nitrogens with one attached hydrogen (secondary N) is 1. The van der Waals surface area contributed by atoms with E-state index in [0.717, 1.165) is 44.6 Å². The Morgan fingerprint density at radius 3 is 2.36 bits per heavy atom. The Bertz CT molecular complexity index is 1840. The average molecular weight is 705 g/mol. The first-order valence-corrected chi connectivity index (χ1v) is 15.6. The molecule has 14 heteroatoms. The number of alkyl halides is 3. The van der Waals surface area contributed by atoms with Crippen molar-refractivity contribution in [1.29, 1.82) is 0 Å². The second kappa shape index (κ2) is 11.6. The van der Waals surface area contributed by atoms with Crippen molar-refractivity contribution >= 4 is 68.1 Å². The second-order valence-corrected chi connectivity index (χ2v) is 13.1. The summed E-state index contributed by atoms with van der Waals surface area (Å²) in [4.78, 5) is 55.3. The molecular weight excluding hydrogens is 683 g/mol. The van der Waals surface area contributed by atoms with Crippen LogP contribution >= 0.6 is 39.0 Å². The van der Waals surface area contributed by atoms with Crippen LogP contribution in [-0.4, -0.2) is 34.6 Å². The molecule has 1 N–H and O–H groups in total. The van der Waals surface area contributed by atoms with Gasteiger partial charge >= 0.3 is 11.0 Å². The van der Waals surface area contributed by atoms with Gasteiger partial charge in [-0.15, -0.1) is 0 Å². The highest BCUT2D eigenvalue weighted by atomic mass is 79.9. The smallest absolute Gasteiger partial charge is 0.416 e. The van der Waals surface area contributed by atoms with Crippen LogP contribution in [0.2, 0.25) is 0 Å². The Morgan fingerprint density at radius 2 is 1.70 bits per heavy atom. The van der Waals surface area contributed by atoms with Crippen molar-refractivity contribution in [3.05, 3.63) is 103 Å². The maximum absolute atomic E-state index is 14.0. The van der Waals surface area contributed by atoms with E-state index in [0.29, 0.717) is 26.9 Å². The molecule has 0 aliphatic carbocycles. The number of thiazole rings is 1.